The Morgan fingerprint density at radius 2 is 1.88 bits per heavy atom. The third kappa shape index (κ3) is 2.75. The number of H-pyrrole nitrogens is 2. The van der Waals surface area contributed by atoms with Gasteiger partial charge in [0, 0.05) is 24.7 Å². The number of aromatic nitrogens is 5. The molecule has 0 radical (unpaired) electrons. The molecule has 0 unspecified atom stereocenters. The van der Waals surface area contributed by atoms with E-state index < -0.39 is 0 Å². The molecule has 2 aromatic heterocycles. The second kappa shape index (κ2) is 5.97. The highest BCUT2D eigenvalue weighted by Crippen LogP contribution is 2.17. The average molecular weight is 314 g/mol. The van der Waals surface area contributed by atoms with E-state index in [1.54, 1.807) is 0 Å². The van der Waals surface area contributed by atoms with Gasteiger partial charge in [0.15, 0.2) is 0 Å². The first-order valence-corrected chi connectivity index (χ1v) is 7.62. The van der Waals surface area contributed by atoms with E-state index in [1.807, 2.05) is 48.7 Å². The van der Waals surface area contributed by atoms with Crippen molar-refractivity contribution < 1.29 is 0 Å². The Labute approximate surface area is 138 Å². The number of nitrogens with zero attached hydrogens (tertiary/aromatic N) is 4. The van der Waals surface area contributed by atoms with E-state index in [4.69, 9.17) is 5.26 Å². The van der Waals surface area contributed by atoms with Gasteiger partial charge in [-0.1, -0.05) is 24.3 Å². The van der Waals surface area contributed by atoms with Crippen molar-refractivity contribution in [1.29, 1.82) is 5.26 Å². The third-order valence-electron chi connectivity index (χ3n) is 3.95. The lowest BCUT2D eigenvalue weighted by atomic mass is 10.1. The largest absolute Gasteiger partial charge is 0.345 e. The molecule has 2 aromatic carbocycles. The van der Waals surface area contributed by atoms with E-state index >= 15 is 0 Å². The van der Waals surface area contributed by atoms with Crippen LogP contribution in [0, 0.1) is 11.3 Å². The number of aromatic amines is 2. The predicted octanol–water partition coefficient (Wildman–Crippen LogP) is 2.73. The molecule has 24 heavy (non-hydrogen) atoms. The molecule has 0 aliphatic carbocycles. The Morgan fingerprint density at radius 3 is 2.71 bits per heavy atom. The highest BCUT2D eigenvalue weighted by atomic mass is 15.3. The van der Waals surface area contributed by atoms with Gasteiger partial charge in [-0.05, 0) is 29.3 Å². The van der Waals surface area contributed by atoms with Crippen molar-refractivity contribution in [2.75, 3.05) is 0 Å². The molecule has 0 saturated heterocycles. The minimum absolute atomic E-state index is 0.666. The molecule has 6 heteroatoms. The topological polar surface area (TPSA) is 94.0 Å². The smallest absolute Gasteiger partial charge is 0.116 e. The molecule has 0 amide bonds. The SMILES string of the molecule is N#Cc1ccc(Cc2ncc(Cc3cccc4n[nH]nc34)[nH]2)cc1. The first-order valence-electron chi connectivity index (χ1n) is 7.62. The summed E-state index contributed by atoms with van der Waals surface area (Å²) in [6.45, 7) is 0. The Morgan fingerprint density at radius 1 is 1.00 bits per heavy atom. The molecule has 0 aliphatic rings. The molecule has 2 N–H and O–H groups in total. The lowest BCUT2D eigenvalue weighted by Gasteiger charge is -2.00. The van der Waals surface area contributed by atoms with Crippen LogP contribution < -0.4 is 0 Å². The molecular formula is C18H14N6. The van der Waals surface area contributed by atoms with Crippen molar-refractivity contribution >= 4 is 11.0 Å². The lowest BCUT2D eigenvalue weighted by molar-refractivity contribution is 0.955. The maximum absolute atomic E-state index is 8.84. The number of nitriles is 1. The van der Waals surface area contributed by atoms with E-state index in [2.05, 4.69) is 31.4 Å². The summed E-state index contributed by atoms with van der Waals surface area (Å²) in [5.41, 5.74) is 5.68. The molecule has 4 rings (SSSR count). The molecule has 0 bridgehead atoms. The van der Waals surface area contributed by atoms with Crippen LogP contribution in [0.1, 0.15) is 28.2 Å². The first kappa shape index (κ1) is 14.2. The average Bonchev–Trinajstić information content (AvgIpc) is 3.25. The zero-order chi connectivity index (χ0) is 16.4. The van der Waals surface area contributed by atoms with Crippen LogP contribution in [0.15, 0.2) is 48.7 Å². The highest BCUT2D eigenvalue weighted by Gasteiger charge is 2.08. The Balaban J connectivity index is 1.52. The molecule has 0 aliphatic heterocycles. The summed E-state index contributed by atoms with van der Waals surface area (Å²) >= 11 is 0. The Bertz CT molecular complexity index is 1020. The van der Waals surface area contributed by atoms with Crippen LogP contribution in [0.25, 0.3) is 11.0 Å². The second-order valence-corrected chi connectivity index (χ2v) is 5.63. The van der Waals surface area contributed by atoms with Gasteiger partial charge >= 0.3 is 0 Å². The summed E-state index contributed by atoms with van der Waals surface area (Å²) in [5, 5.41) is 19.8. The summed E-state index contributed by atoms with van der Waals surface area (Å²) in [6, 6.07) is 15.6. The van der Waals surface area contributed by atoms with E-state index in [9.17, 15) is 0 Å². The number of para-hydroxylation sites is 1. The van der Waals surface area contributed by atoms with Gasteiger partial charge in [0.1, 0.15) is 16.9 Å². The molecule has 2 heterocycles. The van der Waals surface area contributed by atoms with E-state index in [0.29, 0.717) is 12.0 Å². The predicted molar refractivity (Wildman–Crippen MR) is 89.2 cm³/mol. The summed E-state index contributed by atoms with van der Waals surface area (Å²) in [6.07, 6.45) is 3.29. The quantitative estimate of drug-likeness (QED) is 0.605. The van der Waals surface area contributed by atoms with Gasteiger partial charge in [-0.25, -0.2) is 4.98 Å². The number of rotatable bonds is 4. The van der Waals surface area contributed by atoms with Gasteiger partial charge in [-0.2, -0.15) is 20.7 Å². The summed E-state index contributed by atoms with van der Waals surface area (Å²) in [7, 11) is 0. The van der Waals surface area contributed by atoms with Gasteiger partial charge in [0.25, 0.3) is 0 Å². The minimum atomic E-state index is 0.666. The van der Waals surface area contributed by atoms with Crippen LogP contribution in [-0.4, -0.2) is 25.4 Å². The number of fused-ring (bicyclic) bond motifs is 1. The molecule has 4 aromatic rings. The molecular weight excluding hydrogens is 300 g/mol. The van der Waals surface area contributed by atoms with E-state index in [-0.39, 0.29) is 0 Å². The van der Waals surface area contributed by atoms with Crippen molar-refractivity contribution in [3.63, 3.8) is 0 Å². The van der Waals surface area contributed by atoms with Crippen LogP contribution in [0.4, 0.5) is 0 Å². The number of hydrogen-bond acceptors (Lipinski definition) is 4. The zero-order valence-electron chi connectivity index (χ0n) is 12.8. The molecule has 6 nitrogen and oxygen atoms in total. The normalized spacial score (nSPS) is 10.8. The Kier molecular flexibility index (Phi) is 3.52. The second-order valence-electron chi connectivity index (χ2n) is 5.63. The van der Waals surface area contributed by atoms with Crippen LogP contribution in [0.2, 0.25) is 0 Å². The fraction of sp³-hybridized carbons (Fsp3) is 0.111. The van der Waals surface area contributed by atoms with Crippen molar-refractivity contribution in [2.24, 2.45) is 0 Å². The van der Waals surface area contributed by atoms with Crippen molar-refractivity contribution in [3.05, 3.63) is 76.9 Å². The maximum atomic E-state index is 8.84. The van der Waals surface area contributed by atoms with Crippen molar-refractivity contribution in [3.8, 4) is 6.07 Å². The van der Waals surface area contributed by atoms with Crippen LogP contribution in [0.3, 0.4) is 0 Å². The molecule has 0 spiro atoms. The van der Waals surface area contributed by atoms with E-state index in [0.717, 1.165) is 40.1 Å². The molecule has 0 saturated carbocycles. The summed E-state index contributed by atoms with van der Waals surface area (Å²) < 4.78 is 0. The number of hydrogen-bond donors (Lipinski definition) is 2. The van der Waals surface area contributed by atoms with Crippen molar-refractivity contribution in [1.82, 2.24) is 25.4 Å². The van der Waals surface area contributed by atoms with Gasteiger partial charge in [0.2, 0.25) is 0 Å². The highest BCUT2D eigenvalue weighted by molar-refractivity contribution is 5.77. The fourth-order valence-electron chi connectivity index (χ4n) is 2.75. The Hall–Kier alpha value is -3.46. The maximum Gasteiger partial charge on any atom is 0.116 e. The fourth-order valence-corrected chi connectivity index (χ4v) is 2.75. The van der Waals surface area contributed by atoms with Crippen molar-refractivity contribution in [2.45, 2.75) is 12.8 Å². The van der Waals surface area contributed by atoms with E-state index in [1.165, 1.54) is 0 Å². The number of imidazole rings is 1. The molecule has 0 fully saturated rings. The van der Waals surface area contributed by atoms with Gasteiger partial charge in [-0.3, -0.25) is 0 Å². The van der Waals surface area contributed by atoms with Gasteiger partial charge < -0.3 is 4.98 Å². The summed E-state index contributed by atoms with van der Waals surface area (Å²) in [5.74, 6) is 0.905. The third-order valence-corrected chi connectivity index (χ3v) is 3.95. The molecule has 116 valence electrons. The molecule has 0 atom stereocenters. The standard InChI is InChI=1S/C18H14N6/c19-10-13-6-4-12(5-7-13)8-17-20-11-15(21-17)9-14-2-1-3-16-18(14)23-24-22-16/h1-7,11H,8-9H2,(H,20,21)(H,22,23,24). The van der Waals surface area contributed by atoms with Crippen LogP contribution in [-0.2, 0) is 12.8 Å². The van der Waals surface area contributed by atoms with Gasteiger partial charge in [-0.15, -0.1) is 0 Å². The minimum Gasteiger partial charge on any atom is -0.345 e. The zero-order valence-corrected chi connectivity index (χ0v) is 12.8. The summed E-state index contributed by atoms with van der Waals surface area (Å²) in [4.78, 5) is 7.81. The van der Waals surface area contributed by atoms with Crippen LogP contribution in [0.5, 0.6) is 0 Å². The van der Waals surface area contributed by atoms with Crippen LogP contribution >= 0.6 is 0 Å². The first-order chi connectivity index (χ1) is 11.8. The lowest BCUT2D eigenvalue weighted by Crippen LogP contribution is -1.93. The monoisotopic (exact) mass is 314 g/mol. The van der Waals surface area contributed by atoms with Gasteiger partial charge in [0.05, 0.1) is 11.6 Å². The number of benzene rings is 2. The number of nitrogens with one attached hydrogen (secondary N) is 2.